The molecule has 3 rings (SSSR count). The van der Waals surface area contributed by atoms with E-state index in [1.807, 2.05) is 30.3 Å². The van der Waals surface area contributed by atoms with E-state index in [0.717, 1.165) is 5.69 Å². The molecule has 1 aromatic heterocycles. The standard InChI is InChI=1S/C17H15N3O2/c18-13-6-4-5-12(11-13)17(22)16-15(21)9-10-20(19-16)14-7-2-1-3-8-14/h1-11,17,22H,18H2/t17-/m0/s1. The highest BCUT2D eigenvalue weighted by Crippen LogP contribution is 2.20. The number of anilines is 1. The number of aromatic nitrogens is 2. The molecule has 2 aromatic carbocycles. The highest BCUT2D eigenvalue weighted by atomic mass is 16.3. The van der Waals surface area contributed by atoms with Gasteiger partial charge in [-0.2, -0.15) is 5.10 Å². The van der Waals surface area contributed by atoms with Crippen LogP contribution in [0.3, 0.4) is 0 Å². The van der Waals surface area contributed by atoms with Gasteiger partial charge in [0.1, 0.15) is 11.8 Å². The van der Waals surface area contributed by atoms with Gasteiger partial charge >= 0.3 is 0 Å². The van der Waals surface area contributed by atoms with Crippen molar-refractivity contribution in [3.8, 4) is 5.69 Å². The van der Waals surface area contributed by atoms with Gasteiger partial charge in [0, 0.05) is 18.0 Å². The summed E-state index contributed by atoms with van der Waals surface area (Å²) in [4.78, 5) is 12.0. The van der Waals surface area contributed by atoms with E-state index in [2.05, 4.69) is 5.10 Å². The molecule has 0 bridgehead atoms. The summed E-state index contributed by atoms with van der Waals surface area (Å²) in [6.07, 6.45) is 0.458. The molecule has 22 heavy (non-hydrogen) atoms. The average Bonchev–Trinajstić information content (AvgIpc) is 2.55. The first-order valence-corrected chi connectivity index (χ1v) is 6.84. The van der Waals surface area contributed by atoms with Gasteiger partial charge in [0.15, 0.2) is 0 Å². The molecule has 3 aromatic rings. The second kappa shape index (κ2) is 5.83. The van der Waals surface area contributed by atoms with Crippen LogP contribution in [0, 0.1) is 0 Å². The third-order valence-corrected chi connectivity index (χ3v) is 3.34. The molecule has 0 unspecified atom stereocenters. The van der Waals surface area contributed by atoms with E-state index in [-0.39, 0.29) is 11.1 Å². The fourth-order valence-electron chi connectivity index (χ4n) is 2.22. The molecule has 0 amide bonds. The number of nitrogens with two attached hydrogens (primary N) is 1. The Labute approximate surface area is 127 Å². The molecule has 0 aliphatic carbocycles. The lowest BCUT2D eigenvalue weighted by Gasteiger charge is -2.12. The quantitative estimate of drug-likeness (QED) is 0.723. The number of rotatable bonds is 3. The van der Waals surface area contributed by atoms with Crippen LogP contribution in [-0.2, 0) is 0 Å². The molecule has 1 atom stereocenters. The molecule has 0 fully saturated rings. The van der Waals surface area contributed by atoms with E-state index in [1.54, 1.807) is 35.1 Å². The normalized spacial score (nSPS) is 12.0. The largest absolute Gasteiger partial charge is 0.399 e. The van der Waals surface area contributed by atoms with Gasteiger partial charge in [0.2, 0.25) is 5.43 Å². The van der Waals surface area contributed by atoms with Gasteiger partial charge in [-0.1, -0.05) is 30.3 Å². The SMILES string of the molecule is Nc1cccc([C@H](O)c2nn(-c3ccccc3)ccc2=O)c1. The first-order valence-electron chi connectivity index (χ1n) is 6.84. The summed E-state index contributed by atoms with van der Waals surface area (Å²) in [5.41, 5.74) is 7.34. The van der Waals surface area contributed by atoms with Crippen LogP contribution in [0.4, 0.5) is 5.69 Å². The Bertz CT molecular complexity index is 844. The molecule has 0 aliphatic heterocycles. The van der Waals surface area contributed by atoms with Crippen molar-refractivity contribution in [3.05, 3.63) is 88.3 Å². The van der Waals surface area contributed by atoms with Crippen molar-refractivity contribution < 1.29 is 5.11 Å². The second-order valence-electron chi connectivity index (χ2n) is 4.92. The zero-order chi connectivity index (χ0) is 15.5. The minimum atomic E-state index is -1.12. The topological polar surface area (TPSA) is 81.1 Å². The van der Waals surface area contributed by atoms with Gasteiger partial charge in [-0.25, -0.2) is 4.68 Å². The van der Waals surface area contributed by atoms with Gasteiger partial charge in [0.25, 0.3) is 0 Å². The molecule has 3 N–H and O–H groups in total. The Balaban J connectivity index is 2.05. The molecular weight excluding hydrogens is 278 g/mol. The predicted octanol–water partition coefficient (Wildman–Crippen LogP) is 1.90. The van der Waals surface area contributed by atoms with Gasteiger partial charge in [0.05, 0.1) is 5.69 Å². The van der Waals surface area contributed by atoms with E-state index in [0.29, 0.717) is 11.3 Å². The number of nitrogens with zero attached hydrogens (tertiary/aromatic N) is 2. The lowest BCUT2D eigenvalue weighted by Crippen LogP contribution is -2.20. The van der Waals surface area contributed by atoms with Crippen LogP contribution < -0.4 is 11.2 Å². The smallest absolute Gasteiger partial charge is 0.206 e. The second-order valence-corrected chi connectivity index (χ2v) is 4.92. The van der Waals surface area contributed by atoms with Crippen molar-refractivity contribution in [2.75, 3.05) is 5.73 Å². The molecule has 0 radical (unpaired) electrons. The van der Waals surface area contributed by atoms with Crippen LogP contribution in [0.5, 0.6) is 0 Å². The summed E-state index contributed by atoms with van der Waals surface area (Å²) in [6, 6.07) is 17.6. The summed E-state index contributed by atoms with van der Waals surface area (Å²) in [5.74, 6) is 0. The minimum Gasteiger partial charge on any atom is -0.399 e. The van der Waals surface area contributed by atoms with E-state index < -0.39 is 6.10 Å². The summed E-state index contributed by atoms with van der Waals surface area (Å²) < 4.78 is 1.56. The Morgan fingerprint density at radius 2 is 1.82 bits per heavy atom. The monoisotopic (exact) mass is 293 g/mol. The fourth-order valence-corrected chi connectivity index (χ4v) is 2.22. The molecule has 1 heterocycles. The number of aliphatic hydroxyl groups is 1. The molecule has 5 nitrogen and oxygen atoms in total. The van der Waals surface area contributed by atoms with Crippen LogP contribution in [0.1, 0.15) is 17.4 Å². The number of para-hydroxylation sites is 1. The van der Waals surface area contributed by atoms with Crippen LogP contribution in [0.15, 0.2) is 71.7 Å². The van der Waals surface area contributed by atoms with Gasteiger partial charge in [-0.05, 0) is 29.8 Å². The van der Waals surface area contributed by atoms with Gasteiger partial charge in [-0.3, -0.25) is 4.79 Å². The molecule has 110 valence electrons. The summed E-state index contributed by atoms with van der Waals surface area (Å²) >= 11 is 0. The molecule has 0 aliphatic rings. The number of hydrogen-bond acceptors (Lipinski definition) is 4. The minimum absolute atomic E-state index is 0.0666. The third-order valence-electron chi connectivity index (χ3n) is 3.34. The number of hydrogen-bond donors (Lipinski definition) is 2. The first kappa shape index (κ1) is 14.0. The molecule has 0 spiro atoms. The Hall–Kier alpha value is -2.92. The van der Waals surface area contributed by atoms with E-state index in [1.165, 1.54) is 6.07 Å². The molecular formula is C17H15N3O2. The Kier molecular flexibility index (Phi) is 3.72. The number of aliphatic hydroxyl groups excluding tert-OH is 1. The van der Waals surface area contributed by atoms with Crippen LogP contribution in [-0.4, -0.2) is 14.9 Å². The van der Waals surface area contributed by atoms with Crippen LogP contribution in [0.2, 0.25) is 0 Å². The maximum absolute atomic E-state index is 12.0. The van der Waals surface area contributed by atoms with Crippen molar-refractivity contribution in [2.45, 2.75) is 6.10 Å². The number of benzene rings is 2. The Morgan fingerprint density at radius 1 is 1.05 bits per heavy atom. The lowest BCUT2D eigenvalue weighted by molar-refractivity contribution is 0.212. The van der Waals surface area contributed by atoms with E-state index in [4.69, 9.17) is 5.73 Å². The molecule has 0 saturated heterocycles. The van der Waals surface area contributed by atoms with E-state index in [9.17, 15) is 9.90 Å². The van der Waals surface area contributed by atoms with Crippen molar-refractivity contribution in [1.29, 1.82) is 0 Å². The third kappa shape index (κ3) is 2.75. The predicted molar refractivity (Wildman–Crippen MR) is 84.8 cm³/mol. The zero-order valence-corrected chi connectivity index (χ0v) is 11.8. The maximum atomic E-state index is 12.0. The summed E-state index contributed by atoms with van der Waals surface area (Å²) in [7, 11) is 0. The van der Waals surface area contributed by atoms with Crippen molar-refractivity contribution >= 4 is 5.69 Å². The van der Waals surface area contributed by atoms with Gasteiger partial charge < -0.3 is 10.8 Å². The van der Waals surface area contributed by atoms with Crippen LogP contribution >= 0.6 is 0 Å². The summed E-state index contributed by atoms with van der Waals surface area (Å²) in [5, 5.41) is 14.7. The Morgan fingerprint density at radius 3 is 2.55 bits per heavy atom. The zero-order valence-electron chi connectivity index (χ0n) is 11.8. The average molecular weight is 293 g/mol. The van der Waals surface area contributed by atoms with Crippen molar-refractivity contribution in [2.24, 2.45) is 0 Å². The van der Waals surface area contributed by atoms with Crippen molar-refractivity contribution in [3.63, 3.8) is 0 Å². The summed E-state index contributed by atoms with van der Waals surface area (Å²) in [6.45, 7) is 0. The number of nitrogen functional groups attached to an aromatic ring is 1. The highest BCUT2D eigenvalue weighted by Gasteiger charge is 2.16. The fraction of sp³-hybridized carbons (Fsp3) is 0.0588. The van der Waals surface area contributed by atoms with E-state index >= 15 is 0 Å². The lowest BCUT2D eigenvalue weighted by atomic mass is 10.1. The molecule has 5 heteroatoms. The van der Waals surface area contributed by atoms with Crippen molar-refractivity contribution in [1.82, 2.24) is 9.78 Å². The first-order chi connectivity index (χ1) is 10.6. The maximum Gasteiger partial charge on any atom is 0.206 e. The molecule has 0 saturated carbocycles. The van der Waals surface area contributed by atoms with Gasteiger partial charge in [-0.15, -0.1) is 0 Å². The highest BCUT2D eigenvalue weighted by molar-refractivity contribution is 5.43. The van der Waals surface area contributed by atoms with Crippen LogP contribution in [0.25, 0.3) is 5.69 Å².